The summed E-state index contributed by atoms with van der Waals surface area (Å²) >= 11 is 0. The van der Waals surface area contributed by atoms with Crippen LogP contribution in [0.3, 0.4) is 0 Å². The molecule has 0 saturated heterocycles. The van der Waals surface area contributed by atoms with Gasteiger partial charge in [0, 0.05) is 24.4 Å². The summed E-state index contributed by atoms with van der Waals surface area (Å²) in [5, 5.41) is 9.00. The zero-order valence-electron chi connectivity index (χ0n) is 13.8. The number of ether oxygens (including phenoxy) is 1. The third-order valence-corrected chi connectivity index (χ3v) is 3.22. The fourth-order valence-corrected chi connectivity index (χ4v) is 2.02. The van der Waals surface area contributed by atoms with Gasteiger partial charge in [0.25, 0.3) is 0 Å². The molecule has 1 aromatic heterocycles. The highest BCUT2D eigenvalue weighted by Gasteiger charge is 2.17. The second-order valence-electron chi connectivity index (χ2n) is 5.05. The quantitative estimate of drug-likeness (QED) is 0.847. The van der Waals surface area contributed by atoms with Crippen molar-refractivity contribution in [2.45, 2.75) is 13.8 Å². The number of benzene rings is 1. The van der Waals surface area contributed by atoms with Gasteiger partial charge in [0.15, 0.2) is 5.82 Å². The lowest BCUT2D eigenvalue weighted by Crippen LogP contribution is -2.40. The summed E-state index contributed by atoms with van der Waals surface area (Å²) in [6.45, 7) is 3.79. The Morgan fingerprint density at radius 1 is 1.29 bits per heavy atom. The molecule has 128 valence electrons. The lowest BCUT2D eigenvalue weighted by Gasteiger charge is -2.20. The van der Waals surface area contributed by atoms with Gasteiger partial charge in [0.05, 0.1) is 7.11 Å². The van der Waals surface area contributed by atoms with E-state index in [2.05, 4.69) is 15.8 Å². The molecule has 0 spiro atoms. The smallest absolute Gasteiger partial charge is 0.323 e. The molecular formula is C16H20N4O4. The minimum absolute atomic E-state index is 0.0869. The van der Waals surface area contributed by atoms with Crippen molar-refractivity contribution in [3.63, 3.8) is 0 Å². The van der Waals surface area contributed by atoms with E-state index in [-0.39, 0.29) is 12.5 Å². The number of carbonyl (C=O) groups is 2. The van der Waals surface area contributed by atoms with E-state index in [1.807, 2.05) is 0 Å². The summed E-state index contributed by atoms with van der Waals surface area (Å²) in [5.74, 6) is 1.23. The lowest BCUT2D eigenvalue weighted by molar-refractivity contribution is -0.116. The van der Waals surface area contributed by atoms with E-state index in [9.17, 15) is 9.59 Å². The van der Waals surface area contributed by atoms with Crippen molar-refractivity contribution in [1.82, 2.24) is 10.1 Å². The zero-order valence-corrected chi connectivity index (χ0v) is 13.8. The Morgan fingerprint density at radius 2 is 2.08 bits per heavy atom. The van der Waals surface area contributed by atoms with E-state index in [0.29, 0.717) is 29.6 Å². The molecule has 0 saturated carbocycles. The van der Waals surface area contributed by atoms with Gasteiger partial charge in [-0.25, -0.2) is 4.79 Å². The van der Waals surface area contributed by atoms with Crippen LogP contribution in [-0.4, -0.2) is 42.2 Å². The Bertz CT molecular complexity index is 714. The first kappa shape index (κ1) is 17.3. The van der Waals surface area contributed by atoms with E-state index >= 15 is 0 Å². The van der Waals surface area contributed by atoms with Gasteiger partial charge in [-0.3, -0.25) is 10.1 Å². The van der Waals surface area contributed by atoms with Crippen molar-refractivity contribution in [1.29, 1.82) is 0 Å². The Morgan fingerprint density at radius 3 is 2.71 bits per heavy atom. The topological polar surface area (TPSA) is 96.7 Å². The van der Waals surface area contributed by atoms with Gasteiger partial charge in [0.2, 0.25) is 5.91 Å². The van der Waals surface area contributed by atoms with Gasteiger partial charge in [0.1, 0.15) is 18.1 Å². The first-order valence-corrected chi connectivity index (χ1v) is 7.45. The number of hydrogen-bond acceptors (Lipinski definition) is 5. The number of aryl methyl sites for hydroxylation is 1. The molecule has 2 rings (SSSR count). The fraction of sp³-hybridized carbons (Fsp3) is 0.312. The minimum Gasteiger partial charge on any atom is -0.497 e. The second-order valence-corrected chi connectivity index (χ2v) is 5.05. The van der Waals surface area contributed by atoms with Crippen molar-refractivity contribution in [3.05, 3.63) is 36.1 Å². The van der Waals surface area contributed by atoms with Crippen LogP contribution in [0.15, 0.2) is 34.9 Å². The maximum atomic E-state index is 12.2. The summed E-state index contributed by atoms with van der Waals surface area (Å²) in [4.78, 5) is 25.7. The second kappa shape index (κ2) is 8.00. The molecule has 2 aromatic rings. The first-order valence-electron chi connectivity index (χ1n) is 7.45. The first-order chi connectivity index (χ1) is 11.5. The number of nitrogens with zero attached hydrogens (tertiary/aromatic N) is 2. The molecule has 0 unspecified atom stereocenters. The summed E-state index contributed by atoms with van der Waals surface area (Å²) in [6.07, 6.45) is 0. The molecular weight excluding hydrogens is 312 g/mol. The molecule has 0 atom stereocenters. The lowest BCUT2D eigenvalue weighted by atomic mass is 10.3. The molecule has 0 aliphatic rings. The van der Waals surface area contributed by atoms with E-state index in [4.69, 9.17) is 9.26 Å². The van der Waals surface area contributed by atoms with Crippen LogP contribution in [0.1, 0.15) is 12.7 Å². The molecule has 0 aliphatic carbocycles. The van der Waals surface area contributed by atoms with Crippen molar-refractivity contribution in [2.75, 3.05) is 30.8 Å². The summed E-state index contributed by atoms with van der Waals surface area (Å²) in [5.41, 5.74) is 0.600. The third kappa shape index (κ3) is 4.73. The van der Waals surface area contributed by atoms with Gasteiger partial charge in [-0.05, 0) is 26.0 Å². The maximum Gasteiger partial charge on any atom is 0.323 e. The van der Waals surface area contributed by atoms with Crippen LogP contribution in [0.4, 0.5) is 16.3 Å². The Kier molecular flexibility index (Phi) is 5.78. The molecule has 8 heteroatoms. The third-order valence-electron chi connectivity index (χ3n) is 3.22. The number of aromatic nitrogens is 1. The number of rotatable bonds is 6. The zero-order chi connectivity index (χ0) is 17.5. The number of nitrogens with one attached hydrogen (secondary N) is 2. The average Bonchev–Trinajstić information content (AvgIpc) is 2.97. The maximum absolute atomic E-state index is 12.2. The molecule has 1 aromatic carbocycles. The molecule has 0 aliphatic heterocycles. The molecule has 8 nitrogen and oxygen atoms in total. The highest BCUT2D eigenvalue weighted by molar-refractivity contribution is 5.96. The van der Waals surface area contributed by atoms with Gasteiger partial charge < -0.3 is 19.5 Å². The van der Waals surface area contributed by atoms with Crippen LogP contribution in [0, 0.1) is 6.92 Å². The van der Waals surface area contributed by atoms with Crippen molar-refractivity contribution < 1.29 is 18.8 Å². The van der Waals surface area contributed by atoms with Gasteiger partial charge in [-0.2, -0.15) is 0 Å². The van der Waals surface area contributed by atoms with Crippen LogP contribution in [0.2, 0.25) is 0 Å². The van der Waals surface area contributed by atoms with Crippen molar-refractivity contribution in [3.8, 4) is 5.75 Å². The number of methoxy groups -OCH3 is 1. The van der Waals surface area contributed by atoms with E-state index < -0.39 is 6.03 Å². The van der Waals surface area contributed by atoms with Crippen LogP contribution >= 0.6 is 0 Å². The summed E-state index contributed by atoms with van der Waals surface area (Å²) in [6, 6.07) is 8.17. The number of likely N-dealkylation sites (N-methyl/N-ethyl adjacent to an activating group) is 1. The number of carbonyl (C=O) groups excluding carboxylic acids is 2. The fourth-order valence-electron chi connectivity index (χ4n) is 2.02. The van der Waals surface area contributed by atoms with Crippen molar-refractivity contribution in [2.24, 2.45) is 0 Å². The van der Waals surface area contributed by atoms with Crippen molar-refractivity contribution >= 4 is 23.4 Å². The van der Waals surface area contributed by atoms with Crippen LogP contribution in [-0.2, 0) is 4.79 Å². The molecule has 1 heterocycles. The molecule has 3 amide bonds. The normalized spacial score (nSPS) is 10.1. The van der Waals surface area contributed by atoms with Crippen LogP contribution in [0.5, 0.6) is 5.75 Å². The number of hydrogen-bond donors (Lipinski definition) is 2. The van der Waals surface area contributed by atoms with Gasteiger partial charge >= 0.3 is 6.03 Å². The molecule has 0 radical (unpaired) electrons. The minimum atomic E-state index is -0.424. The molecule has 0 bridgehead atoms. The van der Waals surface area contributed by atoms with E-state index in [0.717, 1.165) is 0 Å². The predicted octanol–water partition coefficient (Wildman–Crippen LogP) is 2.48. The summed E-state index contributed by atoms with van der Waals surface area (Å²) < 4.78 is 9.99. The SMILES string of the molecule is CCN(CC(=O)Nc1cccc(OC)c1)C(=O)Nc1cc(C)on1. The Balaban J connectivity index is 1.93. The van der Waals surface area contributed by atoms with Crippen LogP contribution < -0.4 is 15.4 Å². The predicted molar refractivity (Wildman–Crippen MR) is 89.1 cm³/mol. The van der Waals surface area contributed by atoms with Gasteiger partial charge in [-0.1, -0.05) is 11.2 Å². The monoisotopic (exact) mass is 332 g/mol. The molecule has 0 fully saturated rings. The van der Waals surface area contributed by atoms with Gasteiger partial charge in [-0.15, -0.1) is 0 Å². The summed E-state index contributed by atoms with van der Waals surface area (Å²) in [7, 11) is 1.55. The Labute approximate surface area is 139 Å². The number of amides is 3. The number of anilines is 2. The average molecular weight is 332 g/mol. The van der Waals surface area contributed by atoms with E-state index in [1.54, 1.807) is 51.3 Å². The standard InChI is InChI=1S/C16H20N4O4/c1-4-20(16(22)18-14-8-11(2)24-19-14)10-15(21)17-12-6-5-7-13(9-12)23-3/h5-9H,4,10H2,1-3H3,(H,17,21)(H,18,19,22). The van der Waals surface area contributed by atoms with Crippen LogP contribution in [0.25, 0.3) is 0 Å². The molecule has 24 heavy (non-hydrogen) atoms. The largest absolute Gasteiger partial charge is 0.497 e. The highest BCUT2D eigenvalue weighted by atomic mass is 16.5. The van der Waals surface area contributed by atoms with E-state index in [1.165, 1.54) is 4.90 Å². The molecule has 2 N–H and O–H groups in total. The highest BCUT2D eigenvalue weighted by Crippen LogP contribution is 2.16. The number of urea groups is 1. The Hall–Kier alpha value is -3.03.